The van der Waals surface area contributed by atoms with E-state index in [0.717, 1.165) is 30.2 Å². The second kappa shape index (κ2) is 13.6. The molecule has 1 aromatic carbocycles. The molecule has 33 heavy (non-hydrogen) atoms. The number of carbonyl (C=O) groups is 1. The van der Waals surface area contributed by atoms with E-state index in [4.69, 9.17) is 5.73 Å². The molecule has 0 radical (unpaired) electrons. The number of nitrogens with one attached hydrogen (secondary N) is 2. The lowest BCUT2D eigenvalue weighted by Gasteiger charge is -2.23. The van der Waals surface area contributed by atoms with Crippen molar-refractivity contribution in [1.82, 2.24) is 20.0 Å². The zero-order valence-corrected chi connectivity index (χ0v) is 20.1. The van der Waals surface area contributed by atoms with Crippen LogP contribution in [-0.4, -0.2) is 44.2 Å². The fraction of sp³-hybridized carbons (Fsp3) is 0.333. The van der Waals surface area contributed by atoms with Crippen LogP contribution in [0.5, 0.6) is 0 Å². The summed E-state index contributed by atoms with van der Waals surface area (Å²) in [5.74, 6) is 0.556. The molecule has 3 aromatic rings. The van der Waals surface area contributed by atoms with Gasteiger partial charge in [0.15, 0.2) is 0 Å². The van der Waals surface area contributed by atoms with Crippen LogP contribution in [0.2, 0.25) is 0 Å². The molecular formula is C24H32N5O3S-. The standard InChI is InChI=1S/C15H13N3O3S.C7H14N2.C2H6/c19-15(12-3-6-14-16-7-8-18(14)10-12)17-9-11-1-4-13(5-2-11)22(20)21;1-9-5-7-2-6(3-7)4-8;1-2/h1-8,10H,9H2,(H,17,19)(H,20,21);2,7,9H,3-5,8H2,1H3;1-2H3/p-1. The number of amides is 1. The average Bonchev–Trinajstić information content (AvgIpc) is 3.29. The van der Waals surface area contributed by atoms with Crippen LogP contribution < -0.4 is 16.4 Å². The van der Waals surface area contributed by atoms with Crippen LogP contribution in [0, 0.1) is 5.92 Å². The van der Waals surface area contributed by atoms with Crippen molar-refractivity contribution < 1.29 is 13.6 Å². The molecule has 0 fully saturated rings. The highest BCUT2D eigenvalue weighted by molar-refractivity contribution is 7.79. The Morgan fingerprint density at radius 1 is 1.24 bits per heavy atom. The predicted octanol–water partition coefficient (Wildman–Crippen LogP) is 2.64. The summed E-state index contributed by atoms with van der Waals surface area (Å²) in [6.45, 7) is 6.18. The first kappa shape index (κ1) is 26.4. The van der Waals surface area contributed by atoms with Gasteiger partial charge >= 0.3 is 0 Å². The lowest BCUT2D eigenvalue weighted by atomic mass is 9.86. The van der Waals surface area contributed by atoms with Gasteiger partial charge in [0.25, 0.3) is 5.91 Å². The van der Waals surface area contributed by atoms with E-state index in [2.05, 4.69) is 21.7 Å². The Balaban J connectivity index is 0.000000293. The van der Waals surface area contributed by atoms with Crippen molar-refractivity contribution in [3.05, 3.63) is 77.8 Å². The topological polar surface area (TPSA) is 125 Å². The molecule has 1 aliphatic rings. The summed E-state index contributed by atoms with van der Waals surface area (Å²) in [4.78, 5) is 16.5. The molecular weight excluding hydrogens is 438 g/mol. The highest BCUT2D eigenvalue weighted by Gasteiger charge is 2.15. The van der Waals surface area contributed by atoms with E-state index in [9.17, 15) is 13.6 Å². The van der Waals surface area contributed by atoms with Crippen molar-refractivity contribution in [2.75, 3.05) is 20.1 Å². The fourth-order valence-electron chi connectivity index (χ4n) is 3.24. The van der Waals surface area contributed by atoms with E-state index in [1.807, 2.05) is 20.9 Å². The Labute approximate surface area is 197 Å². The minimum atomic E-state index is -2.24. The molecule has 2 atom stereocenters. The maximum absolute atomic E-state index is 12.1. The third-order valence-corrected chi connectivity index (χ3v) is 5.60. The van der Waals surface area contributed by atoms with Crippen LogP contribution in [-0.2, 0) is 17.6 Å². The zero-order valence-electron chi connectivity index (χ0n) is 19.3. The van der Waals surface area contributed by atoms with E-state index in [1.54, 1.807) is 47.3 Å². The van der Waals surface area contributed by atoms with Gasteiger partial charge in [0.2, 0.25) is 0 Å². The summed E-state index contributed by atoms with van der Waals surface area (Å²) < 4.78 is 23.3. The number of hydrogen-bond acceptors (Lipinski definition) is 6. The van der Waals surface area contributed by atoms with E-state index in [0.29, 0.717) is 12.1 Å². The molecule has 0 saturated carbocycles. The van der Waals surface area contributed by atoms with Gasteiger partial charge < -0.3 is 25.3 Å². The largest absolute Gasteiger partial charge is 0.768 e. The normalized spacial score (nSPS) is 15.2. The number of pyridine rings is 1. The van der Waals surface area contributed by atoms with E-state index < -0.39 is 11.1 Å². The van der Waals surface area contributed by atoms with Gasteiger partial charge in [0.1, 0.15) is 5.65 Å². The van der Waals surface area contributed by atoms with E-state index in [-0.39, 0.29) is 10.8 Å². The first-order valence-electron chi connectivity index (χ1n) is 10.9. The van der Waals surface area contributed by atoms with Crippen LogP contribution in [0.15, 0.2) is 71.5 Å². The fourth-order valence-corrected chi connectivity index (χ4v) is 3.60. The number of imidazole rings is 1. The number of rotatable bonds is 7. The van der Waals surface area contributed by atoms with Gasteiger partial charge in [-0.15, -0.1) is 0 Å². The number of aromatic nitrogens is 2. The highest BCUT2D eigenvalue weighted by Crippen LogP contribution is 2.23. The quantitative estimate of drug-likeness (QED) is 0.360. The van der Waals surface area contributed by atoms with Gasteiger partial charge in [0, 0.05) is 43.1 Å². The average molecular weight is 471 g/mol. The maximum Gasteiger partial charge on any atom is 0.253 e. The molecule has 2 heterocycles. The second-order valence-corrected chi connectivity index (χ2v) is 8.16. The van der Waals surface area contributed by atoms with Crippen molar-refractivity contribution in [2.45, 2.75) is 31.7 Å². The summed E-state index contributed by atoms with van der Waals surface area (Å²) in [7, 11) is 1.98. The van der Waals surface area contributed by atoms with Crippen LogP contribution in [0.3, 0.4) is 0 Å². The van der Waals surface area contributed by atoms with Crippen molar-refractivity contribution in [3.63, 3.8) is 0 Å². The number of hydrogen-bond donors (Lipinski definition) is 3. The van der Waals surface area contributed by atoms with Gasteiger partial charge in [-0.2, -0.15) is 0 Å². The third-order valence-electron chi connectivity index (χ3n) is 4.94. The van der Waals surface area contributed by atoms with E-state index >= 15 is 0 Å². The summed E-state index contributed by atoms with van der Waals surface area (Å²) in [6.07, 6.45) is 8.61. The Hall–Kier alpha value is -2.85. The van der Waals surface area contributed by atoms with E-state index in [1.165, 1.54) is 24.1 Å². The highest BCUT2D eigenvalue weighted by atomic mass is 32.2. The first-order valence-corrected chi connectivity index (χ1v) is 12.0. The SMILES string of the molecule is CC.CNCC1C=C(CN)C1.O=C(NCc1ccc(S(=O)[O-])cc1)c1ccc2nccn2c1. The van der Waals surface area contributed by atoms with Gasteiger partial charge in [-0.25, -0.2) is 4.98 Å². The molecule has 0 spiro atoms. The summed E-state index contributed by atoms with van der Waals surface area (Å²) in [5, 5.41) is 5.92. The van der Waals surface area contributed by atoms with Crippen LogP contribution in [0.1, 0.15) is 36.2 Å². The van der Waals surface area contributed by atoms with Crippen LogP contribution in [0.4, 0.5) is 0 Å². The molecule has 2 unspecified atom stereocenters. The molecule has 1 amide bonds. The van der Waals surface area contributed by atoms with Crippen molar-refractivity contribution in [1.29, 1.82) is 0 Å². The monoisotopic (exact) mass is 470 g/mol. The molecule has 0 bridgehead atoms. The lowest BCUT2D eigenvalue weighted by Crippen LogP contribution is -2.25. The predicted molar refractivity (Wildman–Crippen MR) is 131 cm³/mol. The maximum atomic E-state index is 12.1. The van der Waals surface area contributed by atoms with Gasteiger partial charge in [-0.3, -0.25) is 9.00 Å². The van der Waals surface area contributed by atoms with Crippen LogP contribution >= 0.6 is 0 Å². The third kappa shape index (κ3) is 7.90. The molecule has 9 heteroatoms. The van der Waals surface area contributed by atoms with Gasteiger partial charge in [0.05, 0.1) is 5.56 Å². The number of benzene rings is 1. The zero-order chi connectivity index (χ0) is 24.2. The smallest absolute Gasteiger partial charge is 0.253 e. The summed E-state index contributed by atoms with van der Waals surface area (Å²) in [6, 6.07) is 9.83. The molecule has 1 aliphatic carbocycles. The molecule has 0 saturated heterocycles. The Bertz CT molecular complexity index is 1080. The Morgan fingerprint density at radius 3 is 2.55 bits per heavy atom. The summed E-state index contributed by atoms with van der Waals surface area (Å²) in [5.41, 5.74) is 8.95. The molecule has 0 aliphatic heterocycles. The number of nitrogens with zero attached hydrogens (tertiary/aromatic N) is 2. The minimum Gasteiger partial charge on any atom is -0.768 e. The molecule has 8 nitrogen and oxygen atoms in total. The van der Waals surface area contributed by atoms with Gasteiger partial charge in [-0.05, 0) is 60.3 Å². The molecule has 178 valence electrons. The molecule has 4 rings (SSSR count). The first-order chi connectivity index (χ1) is 16.0. The number of nitrogens with two attached hydrogens (primary N) is 1. The van der Waals surface area contributed by atoms with Crippen molar-refractivity contribution in [2.24, 2.45) is 11.7 Å². The van der Waals surface area contributed by atoms with Crippen molar-refractivity contribution in [3.8, 4) is 0 Å². The van der Waals surface area contributed by atoms with Crippen LogP contribution in [0.25, 0.3) is 5.65 Å². The van der Waals surface area contributed by atoms with Gasteiger partial charge in [-0.1, -0.05) is 37.6 Å². The Kier molecular flexibility index (Phi) is 10.9. The number of carbonyl (C=O) groups excluding carboxylic acids is 1. The number of fused-ring (bicyclic) bond motifs is 1. The minimum absolute atomic E-state index is 0.202. The molecule has 2 aromatic heterocycles. The second-order valence-electron chi connectivity index (χ2n) is 7.22. The Morgan fingerprint density at radius 2 is 1.94 bits per heavy atom. The lowest BCUT2D eigenvalue weighted by molar-refractivity contribution is 0.0950. The summed E-state index contributed by atoms with van der Waals surface area (Å²) >= 11 is -2.24. The van der Waals surface area contributed by atoms with Crippen molar-refractivity contribution >= 4 is 22.6 Å². The molecule has 4 N–H and O–H groups in total.